The van der Waals surface area contributed by atoms with E-state index < -0.39 is 11.0 Å². The van der Waals surface area contributed by atoms with Crippen LogP contribution in [0.15, 0.2) is 53.6 Å². The van der Waals surface area contributed by atoms with Gasteiger partial charge in [-0.1, -0.05) is 30.3 Å². The molecule has 0 saturated heterocycles. The Morgan fingerprint density at radius 1 is 1.23 bits per heavy atom. The topological polar surface area (TPSA) is 96.6 Å². The molecule has 0 unspecified atom stereocenters. The summed E-state index contributed by atoms with van der Waals surface area (Å²) in [6.07, 6.45) is 1.34. The summed E-state index contributed by atoms with van der Waals surface area (Å²) < 4.78 is 0. The Hall–Kier alpha value is -3.22. The summed E-state index contributed by atoms with van der Waals surface area (Å²) in [5.74, 6) is 0. The summed E-state index contributed by atoms with van der Waals surface area (Å²) in [5, 5.41) is 17.1. The molecule has 2 aromatic rings. The van der Waals surface area contributed by atoms with Gasteiger partial charge < -0.3 is 5.32 Å². The average molecular weight is 298 g/mol. The second kappa shape index (κ2) is 6.98. The van der Waals surface area contributed by atoms with Crippen molar-refractivity contribution in [3.63, 3.8) is 0 Å². The number of hydrogen-bond donors (Lipinski definition) is 2. The molecule has 0 fully saturated rings. The van der Waals surface area contributed by atoms with Gasteiger partial charge in [-0.3, -0.25) is 10.1 Å². The number of anilines is 1. The van der Waals surface area contributed by atoms with Gasteiger partial charge >= 0.3 is 6.03 Å². The summed E-state index contributed by atoms with van der Waals surface area (Å²) in [5.41, 5.74) is 4.41. The number of carbonyl (C=O) groups is 1. The van der Waals surface area contributed by atoms with Crippen molar-refractivity contribution in [2.45, 2.75) is 6.92 Å². The van der Waals surface area contributed by atoms with Crippen molar-refractivity contribution in [2.75, 3.05) is 5.32 Å². The highest BCUT2D eigenvalue weighted by atomic mass is 16.6. The van der Waals surface area contributed by atoms with Crippen LogP contribution in [0.5, 0.6) is 0 Å². The summed E-state index contributed by atoms with van der Waals surface area (Å²) in [7, 11) is 0. The Morgan fingerprint density at radius 3 is 2.73 bits per heavy atom. The maximum absolute atomic E-state index is 11.7. The molecule has 0 heterocycles. The monoisotopic (exact) mass is 298 g/mol. The lowest BCUT2D eigenvalue weighted by atomic mass is 10.2. The van der Waals surface area contributed by atoms with Gasteiger partial charge in [0.1, 0.15) is 0 Å². The fourth-order valence-corrected chi connectivity index (χ4v) is 1.75. The summed E-state index contributed by atoms with van der Waals surface area (Å²) in [6, 6.07) is 12.8. The van der Waals surface area contributed by atoms with Crippen LogP contribution in [0.4, 0.5) is 16.2 Å². The van der Waals surface area contributed by atoms with Crippen molar-refractivity contribution in [1.82, 2.24) is 5.43 Å². The molecule has 7 nitrogen and oxygen atoms in total. The number of aryl methyl sites for hydroxylation is 1. The highest BCUT2D eigenvalue weighted by Gasteiger charge is 2.04. The quantitative estimate of drug-likeness (QED) is 0.515. The maximum atomic E-state index is 11.7. The van der Waals surface area contributed by atoms with E-state index in [0.717, 1.165) is 5.56 Å². The Bertz CT molecular complexity index is 728. The van der Waals surface area contributed by atoms with Crippen molar-refractivity contribution in [1.29, 1.82) is 0 Å². The Balaban J connectivity index is 1.95. The predicted molar refractivity (Wildman–Crippen MR) is 84.0 cm³/mol. The molecule has 0 spiro atoms. The van der Waals surface area contributed by atoms with Gasteiger partial charge in [-0.25, -0.2) is 10.2 Å². The lowest BCUT2D eigenvalue weighted by molar-refractivity contribution is -0.384. The van der Waals surface area contributed by atoms with E-state index in [9.17, 15) is 14.9 Å². The van der Waals surface area contributed by atoms with Crippen LogP contribution in [0.1, 0.15) is 11.1 Å². The molecule has 0 aliphatic rings. The average Bonchev–Trinajstić information content (AvgIpc) is 2.50. The van der Waals surface area contributed by atoms with Crippen LogP contribution in [-0.4, -0.2) is 17.2 Å². The van der Waals surface area contributed by atoms with Crippen LogP contribution >= 0.6 is 0 Å². The molecular formula is C15H14N4O3. The van der Waals surface area contributed by atoms with Crippen LogP contribution in [0.2, 0.25) is 0 Å². The molecule has 0 bridgehead atoms. The molecule has 2 amide bonds. The van der Waals surface area contributed by atoms with Crippen LogP contribution in [0.25, 0.3) is 0 Å². The SMILES string of the molecule is Cc1ccccc1NC(=O)N/N=C\c1cccc([N+](=O)[O-])c1. The van der Waals surface area contributed by atoms with E-state index in [0.29, 0.717) is 11.3 Å². The number of hydrazone groups is 1. The molecule has 112 valence electrons. The summed E-state index contributed by atoms with van der Waals surface area (Å²) in [6.45, 7) is 1.88. The molecule has 22 heavy (non-hydrogen) atoms. The van der Waals surface area contributed by atoms with Crippen LogP contribution in [0.3, 0.4) is 0 Å². The molecule has 0 saturated carbocycles. The minimum absolute atomic E-state index is 0.0340. The van der Waals surface area contributed by atoms with Crippen molar-refractivity contribution in [3.05, 3.63) is 69.8 Å². The summed E-state index contributed by atoms with van der Waals surface area (Å²) >= 11 is 0. The Labute approximate surface area is 126 Å². The van der Waals surface area contributed by atoms with Gasteiger partial charge in [0.15, 0.2) is 0 Å². The summed E-state index contributed by atoms with van der Waals surface area (Å²) in [4.78, 5) is 21.8. The number of hydrogen-bond acceptors (Lipinski definition) is 4. The van der Waals surface area contributed by atoms with Crippen molar-refractivity contribution in [3.8, 4) is 0 Å². The Morgan fingerprint density at radius 2 is 2.00 bits per heavy atom. The third-order valence-corrected chi connectivity index (χ3v) is 2.85. The lowest BCUT2D eigenvalue weighted by Gasteiger charge is -2.06. The van der Waals surface area contributed by atoms with E-state index in [2.05, 4.69) is 15.8 Å². The molecule has 0 aromatic heterocycles. The van der Waals surface area contributed by atoms with E-state index in [1.54, 1.807) is 18.2 Å². The number of benzene rings is 2. The third-order valence-electron chi connectivity index (χ3n) is 2.85. The van der Waals surface area contributed by atoms with Crippen molar-refractivity contribution in [2.24, 2.45) is 5.10 Å². The number of nitrogens with one attached hydrogen (secondary N) is 2. The first kappa shape index (κ1) is 15.2. The zero-order valence-electron chi connectivity index (χ0n) is 11.8. The number of amides is 2. The van der Waals surface area contributed by atoms with Gasteiger partial charge in [0.25, 0.3) is 5.69 Å². The molecule has 7 heteroatoms. The number of nitrogens with zero attached hydrogens (tertiary/aromatic N) is 2. The zero-order chi connectivity index (χ0) is 15.9. The van der Waals surface area contributed by atoms with Gasteiger partial charge in [-0.2, -0.15) is 5.10 Å². The smallest absolute Gasteiger partial charge is 0.306 e. The maximum Gasteiger partial charge on any atom is 0.339 e. The largest absolute Gasteiger partial charge is 0.339 e. The number of rotatable bonds is 4. The van der Waals surface area contributed by atoms with Gasteiger partial charge in [0, 0.05) is 23.4 Å². The first-order valence-corrected chi connectivity index (χ1v) is 6.46. The number of para-hydroxylation sites is 1. The van der Waals surface area contributed by atoms with Gasteiger partial charge in [-0.05, 0) is 18.6 Å². The number of nitro groups is 1. The third kappa shape index (κ3) is 4.14. The van der Waals surface area contributed by atoms with Crippen molar-refractivity contribution < 1.29 is 9.72 Å². The van der Waals surface area contributed by atoms with Crippen LogP contribution in [-0.2, 0) is 0 Å². The minimum atomic E-state index is -0.490. The number of carbonyl (C=O) groups excluding carboxylic acids is 1. The highest BCUT2D eigenvalue weighted by Crippen LogP contribution is 2.13. The molecule has 2 N–H and O–H groups in total. The first-order chi connectivity index (χ1) is 10.6. The standard InChI is InChI=1S/C15H14N4O3/c1-11-5-2-3-8-14(11)17-15(20)18-16-10-12-6-4-7-13(9-12)19(21)22/h2-10H,1H3,(H2,17,18,20)/b16-10-. The molecule has 0 atom stereocenters. The molecule has 2 rings (SSSR count). The normalized spacial score (nSPS) is 10.4. The predicted octanol–water partition coefficient (Wildman–Crippen LogP) is 3.06. The molecule has 0 aliphatic carbocycles. The van der Waals surface area contributed by atoms with Crippen molar-refractivity contribution >= 4 is 23.6 Å². The molecule has 0 aliphatic heterocycles. The van der Waals surface area contributed by atoms with E-state index in [-0.39, 0.29) is 5.69 Å². The minimum Gasteiger partial charge on any atom is -0.306 e. The van der Waals surface area contributed by atoms with Crippen LogP contribution < -0.4 is 10.7 Å². The zero-order valence-corrected chi connectivity index (χ0v) is 11.8. The van der Waals surface area contributed by atoms with Gasteiger partial charge in [-0.15, -0.1) is 0 Å². The highest BCUT2D eigenvalue weighted by molar-refractivity contribution is 5.91. The van der Waals surface area contributed by atoms with E-state index in [1.807, 2.05) is 25.1 Å². The molecular weight excluding hydrogens is 284 g/mol. The van der Waals surface area contributed by atoms with Crippen LogP contribution in [0, 0.1) is 17.0 Å². The first-order valence-electron chi connectivity index (χ1n) is 6.46. The lowest BCUT2D eigenvalue weighted by Crippen LogP contribution is -2.24. The van der Waals surface area contributed by atoms with Gasteiger partial charge in [0.05, 0.1) is 11.1 Å². The second-order valence-electron chi connectivity index (χ2n) is 4.49. The van der Waals surface area contributed by atoms with E-state index in [4.69, 9.17) is 0 Å². The fraction of sp³-hybridized carbons (Fsp3) is 0.0667. The molecule has 0 radical (unpaired) electrons. The number of nitro benzene ring substituents is 1. The van der Waals surface area contributed by atoms with E-state index in [1.165, 1.54) is 18.3 Å². The second-order valence-corrected chi connectivity index (χ2v) is 4.49. The fourth-order valence-electron chi connectivity index (χ4n) is 1.75. The number of non-ortho nitro benzene ring substituents is 1. The number of urea groups is 1. The Kier molecular flexibility index (Phi) is 4.81. The van der Waals surface area contributed by atoms with E-state index >= 15 is 0 Å². The van der Waals surface area contributed by atoms with Gasteiger partial charge in [0.2, 0.25) is 0 Å². The molecule has 2 aromatic carbocycles.